The van der Waals surface area contributed by atoms with Gasteiger partial charge in [-0.15, -0.1) is 5.10 Å². The minimum absolute atomic E-state index is 0.190. The molecule has 0 N–H and O–H groups in total. The second-order valence-electron chi connectivity index (χ2n) is 4.12. The van der Waals surface area contributed by atoms with Gasteiger partial charge < -0.3 is 4.74 Å². The van der Waals surface area contributed by atoms with Crippen LogP contribution in [0.25, 0.3) is 0 Å². The Kier molecular flexibility index (Phi) is 3.62. The normalized spacial score (nSPS) is 9.95. The van der Waals surface area contributed by atoms with Gasteiger partial charge in [0.1, 0.15) is 0 Å². The van der Waals surface area contributed by atoms with Crippen molar-refractivity contribution < 1.29 is 4.74 Å². The average Bonchev–Trinajstić information content (AvgIpc) is 2.43. The molecule has 0 atom stereocenters. The van der Waals surface area contributed by atoms with E-state index in [-0.39, 0.29) is 5.56 Å². The summed E-state index contributed by atoms with van der Waals surface area (Å²) in [6.45, 7) is 2.26. The van der Waals surface area contributed by atoms with E-state index < -0.39 is 0 Å². The van der Waals surface area contributed by atoms with Crippen molar-refractivity contribution in [2.24, 2.45) is 0 Å². The van der Waals surface area contributed by atoms with E-state index in [4.69, 9.17) is 10.00 Å². The first-order valence-electron chi connectivity index (χ1n) is 5.76. The maximum atomic E-state index is 11.7. The smallest absolute Gasteiger partial charge is 0.267 e. The minimum Gasteiger partial charge on any atom is -0.480 e. The monoisotopic (exact) mass is 255 g/mol. The molecule has 0 fully saturated rings. The number of nitriles is 1. The van der Waals surface area contributed by atoms with Crippen LogP contribution in [0.2, 0.25) is 0 Å². The maximum absolute atomic E-state index is 11.7. The summed E-state index contributed by atoms with van der Waals surface area (Å²) in [7, 11) is 1.50. The van der Waals surface area contributed by atoms with Crippen LogP contribution < -0.4 is 10.3 Å². The minimum atomic E-state index is -0.190. The SMILES string of the molecule is COc1ccc(=O)n(Cc2ccc(C#N)cc2C)n1. The first-order valence-corrected chi connectivity index (χ1v) is 5.76. The zero-order chi connectivity index (χ0) is 13.8. The molecule has 2 rings (SSSR count). The number of aromatic nitrogens is 2. The number of benzene rings is 1. The molecule has 96 valence electrons. The third-order valence-corrected chi connectivity index (χ3v) is 2.84. The van der Waals surface area contributed by atoms with Crippen LogP contribution in [0.1, 0.15) is 16.7 Å². The molecule has 19 heavy (non-hydrogen) atoms. The van der Waals surface area contributed by atoms with Crippen molar-refractivity contribution in [1.82, 2.24) is 9.78 Å². The zero-order valence-corrected chi connectivity index (χ0v) is 10.8. The van der Waals surface area contributed by atoms with Crippen molar-refractivity contribution in [2.45, 2.75) is 13.5 Å². The Morgan fingerprint density at radius 3 is 2.79 bits per heavy atom. The van der Waals surface area contributed by atoms with Crippen LogP contribution in [0.3, 0.4) is 0 Å². The van der Waals surface area contributed by atoms with E-state index in [0.29, 0.717) is 18.0 Å². The molecule has 5 nitrogen and oxygen atoms in total. The molecule has 0 saturated heterocycles. The summed E-state index contributed by atoms with van der Waals surface area (Å²) in [5, 5.41) is 12.9. The van der Waals surface area contributed by atoms with Crippen LogP contribution in [-0.2, 0) is 6.54 Å². The van der Waals surface area contributed by atoms with E-state index in [0.717, 1.165) is 11.1 Å². The molecular formula is C14H13N3O2. The van der Waals surface area contributed by atoms with Gasteiger partial charge in [0.25, 0.3) is 5.56 Å². The van der Waals surface area contributed by atoms with Crippen molar-refractivity contribution in [3.05, 3.63) is 57.4 Å². The summed E-state index contributed by atoms with van der Waals surface area (Å²) in [5.74, 6) is 0.394. The Morgan fingerprint density at radius 2 is 2.16 bits per heavy atom. The maximum Gasteiger partial charge on any atom is 0.267 e. The van der Waals surface area contributed by atoms with Gasteiger partial charge >= 0.3 is 0 Å². The van der Waals surface area contributed by atoms with Crippen LogP contribution in [0.15, 0.2) is 35.1 Å². The van der Waals surface area contributed by atoms with E-state index in [1.807, 2.05) is 13.0 Å². The number of ether oxygens (including phenoxy) is 1. The van der Waals surface area contributed by atoms with Gasteiger partial charge in [0.2, 0.25) is 5.88 Å². The standard InChI is InChI=1S/C14H13N3O2/c1-10-7-11(8-15)3-4-12(10)9-17-14(18)6-5-13(16-17)19-2/h3-7H,9H2,1-2H3. The number of aryl methyl sites for hydroxylation is 1. The summed E-state index contributed by atoms with van der Waals surface area (Å²) in [5.41, 5.74) is 2.31. The molecule has 1 aromatic carbocycles. The Labute approximate surface area is 110 Å². The van der Waals surface area contributed by atoms with E-state index in [2.05, 4.69) is 11.2 Å². The molecule has 5 heteroatoms. The Hall–Kier alpha value is -2.61. The van der Waals surface area contributed by atoms with E-state index in [9.17, 15) is 4.79 Å². The molecule has 0 radical (unpaired) electrons. The molecule has 0 saturated carbocycles. The molecular weight excluding hydrogens is 242 g/mol. The quantitative estimate of drug-likeness (QED) is 0.833. The lowest BCUT2D eigenvalue weighted by atomic mass is 10.1. The third-order valence-electron chi connectivity index (χ3n) is 2.84. The molecule has 0 aliphatic heterocycles. The highest BCUT2D eigenvalue weighted by atomic mass is 16.5. The van der Waals surface area contributed by atoms with Crippen LogP contribution in [0, 0.1) is 18.3 Å². The summed E-state index contributed by atoms with van der Waals surface area (Å²) in [6, 6.07) is 10.4. The van der Waals surface area contributed by atoms with Gasteiger partial charge in [0.05, 0.1) is 25.3 Å². The number of nitrogens with zero attached hydrogens (tertiary/aromatic N) is 3. The molecule has 0 aliphatic carbocycles. The van der Waals surface area contributed by atoms with Crippen LogP contribution in [-0.4, -0.2) is 16.9 Å². The van der Waals surface area contributed by atoms with Crippen molar-refractivity contribution >= 4 is 0 Å². The molecule has 0 bridgehead atoms. The molecule has 2 aromatic rings. The molecule has 0 amide bonds. The highest BCUT2D eigenvalue weighted by Gasteiger charge is 2.05. The molecule has 0 spiro atoms. The predicted molar refractivity (Wildman–Crippen MR) is 70.0 cm³/mol. The Morgan fingerprint density at radius 1 is 1.37 bits per heavy atom. The van der Waals surface area contributed by atoms with Gasteiger partial charge in [-0.3, -0.25) is 4.79 Å². The highest BCUT2D eigenvalue weighted by Crippen LogP contribution is 2.11. The number of hydrogen-bond acceptors (Lipinski definition) is 4. The molecule has 1 heterocycles. The number of rotatable bonds is 3. The third kappa shape index (κ3) is 2.80. The fourth-order valence-corrected chi connectivity index (χ4v) is 1.76. The van der Waals surface area contributed by atoms with Crippen molar-refractivity contribution in [2.75, 3.05) is 7.11 Å². The van der Waals surface area contributed by atoms with E-state index >= 15 is 0 Å². The van der Waals surface area contributed by atoms with Gasteiger partial charge in [-0.05, 0) is 30.2 Å². The highest BCUT2D eigenvalue weighted by molar-refractivity contribution is 5.37. The average molecular weight is 255 g/mol. The summed E-state index contributed by atoms with van der Waals surface area (Å²) in [4.78, 5) is 11.7. The lowest BCUT2D eigenvalue weighted by molar-refractivity contribution is 0.379. The van der Waals surface area contributed by atoms with Crippen molar-refractivity contribution in [1.29, 1.82) is 5.26 Å². The first-order chi connectivity index (χ1) is 9.13. The second-order valence-corrected chi connectivity index (χ2v) is 4.12. The molecule has 1 aromatic heterocycles. The number of methoxy groups -OCH3 is 1. The van der Waals surface area contributed by atoms with Gasteiger partial charge in [0, 0.05) is 12.1 Å². The molecule has 0 aliphatic rings. The van der Waals surface area contributed by atoms with Gasteiger partial charge in [0.15, 0.2) is 0 Å². The van der Waals surface area contributed by atoms with Crippen molar-refractivity contribution in [3.63, 3.8) is 0 Å². The summed E-state index contributed by atoms with van der Waals surface area (Å²) >= 11 is 0. The van der Waals surface area contributed by atoms with Crippen LogP contribution in [0.5, 0.6) is 5.88 Å². The second kappa shape index (κ2) is 5.36. The predicted octanol–water partition coefficient (Wildman–Crippen LogP) is 1.48. The Balaban J connectivity index is 2.36. The van der Waals surface area contributed by atoms with Crippen molar-refractivity contribution in [3.8, 4) is 11.9 Å². The lowest BCUT2D eigenvalue weighted by Gasteiger charge is -2.08. The summed E-state index contributed by atoms with van der Waals surface area (Å²) in [6.07, 6.45) is 0. The Bertz CT molecular complexity index is 699. The largest absolute Gasteiger partial charge is 0.480 e. The zero-order valence-electron chi connectivity index (χ0n) is 10.8. The van der Waals surface area contributed by atoms with Gasteiger partial charge in [-0.1, -0.05) is 6.07 Å². The fourth-order valence-electron chi connectivity index (χ4n) is 1.76. The molecule has 0 unspecified atom stereocenters. The van der Waals surface area contributed by atoms with Crippen LogP contribution >= 0.6 is 0 Å². The van der Waals surface area contributed by atoms with Gasteiger partial charge in [-0.2, -0.15) is 5.26 Å². The lowest BCUT2D eigenvalue weighted by Crippen LogP contribution is -2.23. The van der Waals surface area contributed by atoms with Gasteiger partial charge in [-0.25, -0.2) is 4.68 Å². The number of hydrogen-bond donors (Lipinski definition) is 0. The van der Waals surface area contributed by atoms with Crippen LogP contribution in [0.4, 0.5) is 0 Å². The topological polar surface area (TPSA) is 67.9 Å². The van der Waals surface area contributed by atoms with E-state index in [1.165, 1.54) is 23.9 Å². The van der Waals surface area contributed by atoms with E-state index in [1.54, 1.807) is 12.1 Å². The first kappa shape index (κ1) is 12.8. The fraction of sp³-hybridized carbons (Fsp3) is 0.214. The summed E-state index contributed by atoms with van der Waals surface area (Å²) < 4.78 is 6.34.